The molecule has 20 heavy (non-hydrogen) atoms. The second-order valence-electron chi connectivity index (χ2n) is 4.18. The fourth-order valence-electron chi connectivity index (χ4n) is 1.90. The van der Waals surface area contributed by atoms with E-state index >= 15 is 0 Å². The molecule has 0 fully saturated rings. The van der Waals surface area contributed by atoms with Crippen molar-refractivity contribution in [3.8, 4) is 0 Å². The molecule has 2 rings (SSSR count). The average Bonchev–Trinajstić information content (AvgIpc) is 2.65. The number of nitrogens with one attached hydrogen (secondary N) is 1. The Morgan fingerprint density at radius 3 is 2.70 bits per heavy atom. The summed E-state index contributed by atoms with van der Waals surface area (Å²) in [5.41, 5.74) is 6.18. The number of nitrogens with two attached hydrogens (primary N) is 1. The van der Waals surface area contributed by atoms with E-state index < -0.39 is 25.1 Å². The number of nitrogens with zero attached hydrogens (tertiary/aromatic N) is 1. The van der Waals surface area contributed by atoms with Gasteiger partial charge in [0.1, 0.15) is 6.54 Å². The lowest BCUT2D eigenvalue weighted by atomic mass is 10.2. The van der Waals surface area contributed by atoms with Gasteiger partial charge in [0.15, 0.2) is 5.58 Å². The van der Waals surface area contributed by atoms with E-state index in [0.29, 0.717) is 0 Å². The highest BCUT2D eigenvalue weighted by molar-refractivity contribution is 5.85. The molecule has 0 saturated heterocycles. The van der Waals surface area contributed by atoms with Gasteiger partial charge in [-0.1, -0.05) is 0 Å². The number of halogens is 3. The fourth-order valence-corrected chi connectivity index (χ4v) is 1.90. The Morgan fingerprint density at radius 1 is 1.40 bits per heavy atom. The van der Waals surface area contributed by atoms with Crippen LogP contribution in [0.5, 0.6) is 0 Å². The normalized spacial score (nSPS) is 12.0. The fraction of sp³-hybridized carbons (Fsp3) is 0.364. The van der Waals surface area contributed by atoms with Crippen molar-refractivity contribution >= 4 is 22.5 Å². The van der Waals surface area contributed by atoms with Crippen LogP contribution in [0.25, 0.3) is 11.1 Å². The number of oxazole rings is 1. The topological polar surface area (TPSA) is 95.5 Å². The van der Waals surface area contributed by atoms with Crippen LogP contribution < -0.4 is 16.4 Å². The molecule has 1 heterocycles. The van der Waals surface area contributed by atoms with Gasteiger partial charge in [-0.25, -0.2) is 4.79 Å². The molecule has 0 bridgehead atoms. The number of benzene rings is 1. The van der Waals surface area contributed by atoms with E-state index in [2.05, 4.69) is 4.98 Å². The monoisotopic (exact) mass is 291 g/mol. The Labute approximate surface area is 110 Å². The molecular formula is C11H12F3N3O3. The number of rotatable bonds is 4. The summed E-state index contributed by atoms with van der Waals surface area (Å²) >= 11 is 0. The van der Waals surface area contributed by atoms with Gasteiger partial charge in [0, 0.05) is 12.6 Å². The standard InChI is InChI=1S/C11H12F3N3O3/c12-11(13,14)5-17(1-2-18)8-4-7-9(3-6(8)15)20-10(19)16-7/h3-4,18H,1-2,5,15H2,(H,16,19). The Morgan fingerprint density at radius 2 is 2.10 bits per heavy atom. The second kappa shape index (κ2) is 5.08. The Balaban J connectivity index is 2.46. The van der Waals surface area contributed by atoms with E-state index in [1.54, 1.807) is 0 Å². The van der Waals surface area contributed by atoms with E-state index in [-0.39, 0.29) is 29.0 Å². The minimum atomic E-state index is -4.44. The van der Waals surface area contributed by atoms with Gasteiger partial charge in [0.2, 0.25) is 0 Å². The number of alkyl halides is 3. The first-order valence-corrected chi connectivity index (χ1v) is 5.65. The Hall–Kier alpha value is -2.16. The molecule has 0 unspecified atom stereocenters. The molecular weight excluding hydrogens is 279 g/mol. The number of fused-ring (bicyclic) bond motifs is 1. The third-order valence-corrected chi connectivity index (χ3v) is 2.65. The van der Waals surface area contributed by atoms with Crippen molar-refractivity contribution < 1.29 is 22.7 Å². The maximum Gasteiger partial charge on any atom is 0.417 e. The maximum absolute atomic E-state index is 12.5. The largest absolute Gasteiger partial charge is 0.417 e. The van der Waals surface area contributed by atoms with E-state index in [0.717, 1.165) is 4.90 Å². The van der Waals surface area contributed by atoms with Gasteiger partial charge in [-0.15, -0.1) is 0 Å². The van der Waals surface area contributed by atoms with Crippen LogP contribution in [0.3, 0.4) is 0 Å². The second-order valence-corrected chi connectivity index (χ2v) is 4.18. The van der Waals surface area contributed by atoms with Gasteiger partial charge < -0.3 is 20.2 Å². The van der Waals surface area contributed by atoms with Crippen LogP contribution in [0, 0.1) is 0 Å². The molecule has 1 aromatic carbocycles. The summed E-state index contributed by atoms with van der Waals surface area (Å²) in [5, 5.41) is 8.88. The van der Waals surface area contributed by atoms with Crippen molar-refractivity contribution in [2.75, 3.05) is 30.3 Å². The van der Waals surface area contributed by atoms with Crippen LogP contribution in [0.1, 0.15) is 0 Å². The number of nitrogen functional groups attached to an aromatic ring is 1. The summed E-state index contributed by atoms with van der Waals surface area (Å²) in [7, 11) is 0. The van der Waals surface area contributed by atoms with Crippen molar-refractivity contribution in [3.63, 3.8) is 0 Å². The molecule has 0 saturated carbocycles. The first kappa shape index (κ1) is 14.3. The third-order valence-electron chi connectivity index (χ3n) is 2.65. The molecule has 110 valence electrons. The number of aromatic amines is 1. The van der Waals surface area contributed by atoms with Crippen molar-refractivity contribution in [2.45, 2.75) is 6.18 Å². The number of aliphatic hydroxyl groups is 1. The molecule has 4 N–H and O–H groups in total. The van der Waals surface area contributed by atoms with Gasteiger partial charge in [-0.05, 0) is 6.07 Å². The molecule has 0 spiro atoms. The van der Waals surface area contributed by atoms with E-state index in [1.165, 1.54) is 12.1 Å². The van der Waals surface area contributed by atoms with E-state index in [1.807, 2.05) is 0 Å². The molecule has 0 aliphatic heterocycles. The van der Waals surface area contributed by atoms with Gasteiger partial charge >= 0.3 is 11.9 Å². The molecule has 1 aromatic heterocycles. The van der Waals surface area contributed by atoms with Crippen LogP contribution in [0.4, 0.5) is 24.5 Å². The Kier molecular flexibility index (Phi) is 3.62. The lowest BCUT2D eigenvalue weighted by Crippen LogP contribution is -2.36. The summed E-state index contributed by atoms with van der Waals surface area (Å²) in [6.45, 7) is -1.96. The summed E-state index contributed by atoms with van der Waals surface area (Å²) in [4.78, 5) is 14.3. The number of anilines is 2. The summed E-state index contributed by atoms with van der Waals surface area (Å²) in [6.07, 6.45) is -4.44. The number of aromatic nitrogens is 1. The molecule has 0 atom stereocenters. The lowest BCUT2D eigenvalue weighted by molar-refractivity contribution is -0.119. The van der Waals surface area contributed by atoms with Crippen LogP contribution in [-0.2, 0) is 0 Å². The zero-order valence-electron chi connectivity index (χ0n) is 10.2. The van der Waals surface area contributed by atoms with Crippen LogP contribution in [0.2, 0.25) is 0 Å². The van der Waals surface area contributed by atoms with Crippen molar-refractivity contribution in [3.05, 3.63) is 22.7 Å². The first-order chi connectivity index (χ1) is 9.30. The van der Waals surface area contributed by atoms with Crippen molar-refractivity contribution in [2.24, 2.45) is 0 Å². The molecule has 0 radical (unpaired) electrons. The van der Waals surface area contributed by atoms with Gasteiger partial charge in [0.25, 0.3) is 0 Å². The van der Waals surface area contributed by atoms with E-state index in [9.17, 15) is 18.0 Å². The highest BCUT2D eigenvalue weighted by Crippen LogP contribution is 2.30. The number of aliphatic hydroxyl groups excluding tert-OH is 1. The predicted octanol–water partition coefficient (Wildman–Crippen LogP) is 1.06. The predicted molar refractivity (Wildman–Crippen MR) is 66.6 cm³/mol. The SMILES string of the molecule is Nc1cc2oc(=O)[nH]c2cc1N(CCO)CC(F)(F)F. The van der Waals surface area contributed by atoms with Crippen molar-refractivity contribution in [1.82, 2.24) is 4.98 Å². The van der Waals surface area contributed by atoms with Gasteiger partial charge in [-0.3, -0.25) is 4.98 Å². The molecule has 9 heteroatoms. The summed E-state index contributed by atoms with van der Waals surface area (Å²) in [5.74, 6) is -0.721. The zero-order valence-corrected chi connectivity index (χ0v) is 10.2. The van der Waals surface area contributed by atoms with Gasteiger partial charge in [0.05, 0.1) is 23.5 Å². The average molecular weight is 291 g/mol. The van der Waals surface area contributed by atoms with E-state index in [4.69, 9.17) is 15.3 Å². The summed E-state index contributed by atoms with van der Waals surface area (Å²) < 4.78 is 42.3. The van der Waals surface area contributed by atoms with Crippen LogP contribution in [-0.4, -0.2) is 36.0 Å². The molecule has 0 amide bonds. The number of hydrogen-bond donors (Lipinski definition) is 3. The maximum atomic E-state index is 12.5. The minimum absolute atomic E-state index is 0.0259. The highest BCUT2D eigenvalue weighted by atomic mass is 19.4. The summed E-state index contributed by atoms with van der Waals surface area (Å²) in [6, 6.07) is 2.56. The molecule has 6 nitrogen and oxygen atoms in total. The zero-order chi connectivity index (χ0) is 14.9. The minimum Gasteiger partial charge on any atom is -0.408 e. The van der Waals surface area contributed by atoms with Crippen molar-refractivity contribution in [1.29, 1.82) is 0 Å². The van der Waals surface area contributed by atoms with Gasteiger partial charge in [-0.2, -0.15) is 13.2 Å². The number of H-pyrrole nitrogens is 1. The first-order valence-electron chi connectivity index (χ1n) is 5.65. The Bertz CT molecular complexity index is 662. The van der Waals surface area contributed by atoms with Crippen LogP contribution in [0.15, 0.2) is 21.3 Å². The quantitative estimate of drug-likeness (QED) is 0.732. The van der Waals surface area contributed by atoms with Crippen LogP contribution >= 0.6 is 0 Å². The molecule has 2 aromatic rings. The number of hydrogen-bond acceptors (Lipinski definition) is 5. The smallest absolute Gasteiger partial charge is 0.408 e. The molecule has 0 aliphatic rings. The third kappa shape index (κ3) is 3.05. The lowest BCUT2D eigenvalue weighted by Gasteiger charge is -2.26. The molecule has 0 aliphatic carbocycles. The highest BCUT2D eigenvalue weighted by Gasteiger charge is 2.31.